The molecule has 2 aromatic rings. The molecule has 0 fully saturated rings. The van der Waals surface area contributed by atoms with E-state index in [1.54, 1.807) is 11.8 Å². The second-order valence-electron chi connectivity index (χ2n) is 3.35. The maximum Gasteiger partial charge on any atom is 0.0406 e. The van der Waals surface area contributed by atoms with Gasteiger partial charge in [0.1, 0.15) is 0 Å². The van der Waals surface area contributed by atoms with Gasteiger partial charge in [0, 0.05) is 14.8 Å². The number of benzene rings is 2. The second-order valence-corrected chi connectivity index (χ2v) is 4.95. The summed E-state index contributed by atoms with van der Waals surface area (Å²) >= 11 is 7.49. The molecule has 0 saturated heterocycles. The van der Waals surface area contributed by atoms with Crippen LogP contribution in [-0.4, -0.2) is 0 Å². The fourth-order valence-corrected chi connectivity index (χ4v) is 2.26. The topological polar surface area (TPSA) is 0 Å². The van der Waals surface area contributed by atoms with Gasteiger partial charge in [-0.3, -0.25) is 0 Å². The minimum absolute atomic E-state index is 0.759. The Morgan fingerprint density at radius 1 is 0.938 bits per heavy atom. The Balaban J connectivity index is 2.11. The Bertz CT molecular complexity index is 474. The highest BCUT2D eigenvalue weighted by molar-refractivity contribution is 8.08. The SMILES string of the molecule is C=C(Sc1ccc(Cl)cc1)c1ccccc1. The molecule has 0 saturated carbocycles. The molecule has 0 atom stereocenters. The van der Waals surface area contributed by atoms with Crippen molar-refractivity contribution in [3.8, 4) is 0 Å². The van der Waals surface area contributed by atoms with Crippen molar-refractivity contribution in [1.29, 1.82) is 0 Å². The van der Waals surface area contributed by atoms with Gasteiger partial charge in [0.15, 0.2) is 0 Å². The lowest BCUT2D eigenvalue weighted by molar-refractivity contribution is 1.47. The van der Waals surface area contributed by atoms with Crippen LogP contribution >= 0.6 is 23.4 Å². The van der Waals surface area contributed by atoms with Crippen LogP contribution in [-0.2, 0) is 0 Å². The maximum absolute atomic E-state index is 5.83. The first kappa shape index (κ1) is 11.3. The monoisotopic (exact) mass is 246 g/mol. The number of hydrogen-bond donors (Lipinski definition) is 0. The highest BCUT2D eigenvalue weighted by Gasteiger charge is 2.00. The zero-order chi connectivity index (χ0) is 11.4. The molecule has 0 aromatic heterocycles. The molecule has 0 bridgehead atoms. The van der Waals surface area contributed by atoms with Gasteiger partial charge in [0.2, 0.25) is 0 Å². The number of thioether (sulfide) groups is 1. The Morgan fingerprint density at radius 3 is 2.19 bits per heavy atom. The lowest BCUT2D eigenvalue weighted by atomic mass is 10.2. The summed E-state index contributed by atoms with van der Waals surface area (Å²) in [4.78, 5) is 2.20. The minimum Gasteiger partial charge on any atom is -0.0901 e. The Labute approximate surface area is 105 Å². The zero-order valence-corrected chi connectivity index (χ0v) is 10.3. The van der Waals surface area contributed by atoms with Crippen LogP contribution in [0, 0.1) is 0 Å². The van der Waals surface area contributed by atoms with Gasteiger partial charge in [-0.25, -0.2) is 0 Å². The first-order chi connectivity index (χ1) is 7.75. The number of hydrogen-bond acceptors (Lipinski definition) is 1. The fraction of sp³-hybridized carbons (Fsp3) is 0. The van der Waals surface area contributed by atoms with Gasteiger partial charge in [-0.1, -0.05) is 60.3 Å². The summed E-state index contributed by atoms with van der Waals surface area (Å²) in [6.45, 7) is 4.07. The Kier molecular flexibility index (Phi) is 3.70. The van der Waals surface area contributed by atoms with Crippen LogP contribution in [0.4, 0.5) is 0 Å². The van der Waals surface area contributed by atoms with E-state index in [9.17, 15) is 0 Å². The minimum atomic E-state index is 0.759. The Hall–Kier alpha value is -1.18. The van der Waals surface area contributed by atoms with Crippen molar-refractivity contribution in [3.05, 3.63) is 71.8 Å². The standard InChI is InChI=1S/C14H11ClS/c1-11(12-5-3-2-4-6-12)16-14-9-7-13(15)8-10-14/h2-10H,1H2. The zero-order valence-electron chi connectivity index (χ0n) is 8.69. The van der Waals surface area contributed by atoms with E-state index in [1.807, 2.05) is 42.5 Å². The van der Waals surface area contributed by atoms with E-state index in [-0.39, 0.29) is 0 Å². The molecule has 0 spiro atoms. The summed E-state index contributed by atoms with van der Waals surface area (Å²) in [6.07, 6.45) is 0. The molecule has 0 N–H and O–H groups in total. The van der Waals surface area contributed by atoms with E-state index < -0.39 is 0 Å². The lowest BCUT2D eigenvalue weighted by Gasteiger charge is -2.05. The first-order valence-corrected chi connectivity index (χ1v) is 6.13. The van der Waals surface area contributed by atoms with Crippen molar-refractivity contribution in [3.63, 3.8) is 0 Å². The third-order valence-electron chi connectivity index (χ3n) is 2.15. The van der Waals surface area contributed by atoms with Gasteiger partial charge < -0.3 is 0 Å². The maximum atomic E-state index is 5.83. The molecule has 0 heterocycles. The predicted octanol–water partition coefficient (Wildman–Crippen LogP) is 5.10. The molecule has 0 aliphatic rings. The van der Waals surface area contributed by atoms with E-state index in [4.69, 9.17) is 11.6 Å². The molecule has 80 valence electrons. The first-order valence-electron chi connectivity index (χ1n) is 4.93. The number of rotatable bonds is 3. The molecular weight excluding hydrogens is 236 g/mol. The highest BCUT2D eigenvalue weighted by atomic mass is 35.5. The van der Waals surface area contributed by atoms with Crippen molar-refractivity contribution in [2.24, 2.45) is 0 Å². The smallest absolute Gasteiger partial charge is 0.0406 e. The van der Waals surface area contributed by atoms with Gasteiger partial charge in [0.25, 0.3) is 0 Å². The third-order valence-corrected chi connectivity index (χ3v) is 3.39. The average Bonchev–Trinajstić information content (AvgIpc) is 2.33. The molecule has 0 aliphatic heterocycles. The molecular formula is C14H11ClS. The van der Waals surface area contributed by atoms with Crippen LogP contribution in [0.3, 0.4) is 0 Å². The van der Waals surface area contributed by atoms with Crippen molar-refractivity contribution < 1.29 is 0 Å². The quantitative estimate of drug-likeness (QED) is 0.679. The predicted molar refractivity (Wildman–Crippen MR) is 72.8 cm³/mol. The van der Waals surface area contributed by atoms with E-state index in [0.717, 1.165) is 20.4 Å². The summed E-state index contributed by atoms with van der Waals surface area (Å²) in [6, 6.07) is 17.9. The van der Waals surface area contributed by atoms with E-state index >= 15 is 0 Å². The van der Waals surface area contributed by atoms with Crippen molar-refractivity contribution in [1.82, 2.24) is 0 Å². The summed E-state index contributed by atoms with van der Waals surface area (Å²) in [5.74, 6) is 0. The van der Waals surface area contributed by atoms with Crippen LogP contribution in [0.5, 0.6) is 0 Å². The lowest BCUT2D eigenvalue weighted by Crippen LogP contribution is -1.77. The summed E-state index contributed by atoms with van der Waals surface area (Å²) in [5.41, 5.74) is 1.16. The van der Waals surface area contributed by atoms with Gasteiger partial charge >= 0.3 is 0 Å². The normalized spacial score (nSPS) is 10.1. The largest absolute Gasteiger partial charge is 0.0901 e. The van der Waals surface area contributed by atoms with Gasteiger partial charge in [-0.15, -0.1) is 0 Å². The second kappa shape index (κ2) is 5.24. The molecule has 2 aromatic carbocycles. The third kappa shape index (κ3) is 2.91. The summed E-state index contributed by atoms with van der Waals surface area (Å²) < 4.78 is 0. The van der Waals surface area contributed by atoms with Gasteiger partial charge in [-0.05, 0) is 29.8 Å². The van der Waals surface area contributed by atoms with Crippen LogP contribution in [0.25, 0.3) is 4.91 Å². The highest BCUT2D eigenvalue weighted by Crippen LogP contribution is 2.32. The molecule has 2 heteroatoms. The van der Waals surface area contributed by atoms with E-state index in [1.165, 1.54) is 0 Å². The van der Waals surface area contributed by atoms with Crippen LogP contribution in [0.1, 0.15) is 5.56 Å². The molecule has 16 heavy (non-hydrogen) atoms. The Morgan fingerprint density at radius 2 is 1.56 bits per heavy atom. The van der Waals surface area contributed by atoms with Crippen LogP contribution < -0.4 is 0 Å². The van der Waals surface area contributed by atoms with Gasteiger partial charge in [-0.2, -0.15) is 0 Å². The van der Waals surface area contributed by atoms with Gasteiger partial charge in [0.05, 0.1) is 0 Å². The number of halogens is 1. The van der Waals surface area contributed by atoms with E-state index in [0.29, 0.717) is 0 Å². The van der Waals surface area contributed by atoms with Crippen molar-refractivity contribution >= 4 is 28.3 Å². The molecule has 0 amide bonds. The summed E-state index contributed by atoms with van der Waals surface area (Å²) in [5, 5.41) is 0.759. The van der Waals surface area contributed by atoms with Crippen LogP contribution in [0.15, 0.2) is 66.1 Å². The molecule has 0 nitrogen and oxygen atoms in total. The fourth-order valence-electron chi connectivity index (χ4n) is 1.33. The summed E-state index contributed by atoms with van der Waals surface area (Å²) in [7, 11) is 0. The molecule has 0 unspecified atom stereocenters. The van der Waals surface area contributed by atoms with Crippen molar-refractivity contribution in [2.45, 2.75) is 4.90 Å². The average molecular weight is 247 g/mol. The van der Waals surface area contributed by atoms with E-state index in [2.05, 4.69) is 18.7 Å². The molecule has 0 aliphatic carbocycles. The van der Waals surface area contributed by atoms with Crippen LogP contribution in [0.2, 0.25) is 5.02 Å². The van der Waals surface area contributed by atoms with Crippen molar-refractivity contribution in [2.75, 3.05) is 0 Å². The molecule has 0 radical (unpaired) electrons. The molecule has 2 rings (SSSR count).